The van der Waals surface area contributed by atoms with Gasteiger partial charge in [-0.25, -0.2) is 0 Å². The van der Waals surface area contributed by atoms with Gasteiger partial charge in [-0.05, 0) is 25.1 Å². The normalized spacial score (nSPS) is 10.2. The van der Waals surface area contributed by atoms with Crippen molar-refractivity contribution < 1.29 is 4.74 Å². The van der Waals surface area contributed by atoms with Gasteiger partial charge in [-0.15, -0.1) is 0 Å². The Labute approximate surface area is 89.3 Å². The summed E-state index contributed by atoms with van der Waals surface area (Å²) in [6.45, 7) is 3.49. The number of benzene rings is 1. The van der Waals surface area contributed by atoms with E-state index in [4.69, 9.17) is 4.74 Å². The Morgan fingerprint density at radius 1 is 1.27 bits per heavy atom. The van der Waals surface area contributed by atoms with E-state index in [-0.39, 0.29) is 0 Å². The summed E-state index contributed by atoms with van der Waals surface area (Å²) in [5.74, 6) is 0.910. The Kier molecular flexibility index (Phi) is 3.02. The summed E-state index contributed by atoms with van der Waals surface area (Å²) >= 11 is 0. The van der Waals surface area contributed by atoms with Crippen molar-refractivity contribution in [2.45, 2.75) is 13.5 Å². The van der Waals surface area contributed by atoms with Crippen LogP contribution in [0.25, 0.3) is 0 Å². The average molecular weight is 202 g/mol. The van der Waals surface area contributed by atoms with E-state index in [0.717, 1.165) is 12.3 Å². The maximum absolute atomic E-state index is 5.57. The van der Waals surface area contributed by atoms with Gasteiger partial charge in [0.1, 0.15) is 12.4 Å². The summed E-state index contributed by atoms with van der Waals surface area (Å²) in [5, 5.41) is 4.10. The molecule has 0 fully saturated rings. The zero-order chi connectivity index (χ0) is 10.5. The summed E-state index contributed by atoms with van der Waals surface area (Å²) in [4.78, 5) is 0. The molecule has 1 aromatic heterocycles. The highest BCUT2D eigenvalue weighted by molar-refractivity contribution is 5.26. The zero-order valence-electron chi connectivity index (χ0n) is 8.76. The molecule has 78 valence electrons. The molecule has 0 radical (unpaired) electrons. The third-order valence-corrected chi connectivity index (χ3v) is 2.17. The van der Waals surface area contributed by atoms with Gasteiger partial charge >= 0.3 is 0 Å². The second-order valence-corrected chi connectivity index (χ2v) is 3.43. The summed E-state index contributed by atoms with van der Waals surface area (Å²) in [6.07, 6.45) is 3.70. The minimum absolute atomic E-state index is 0.644. The number of hydrogen-bond acceptors (Lipinski definition) is 2. The van der Waals surface area contributed by atoms with Crippen LogP contribution in [0.1, 0.15) is 5.56 Å². The molecule has 0 unspecified atom stereocenters. The van der Waals surface area contributed by atoms with Crippen molar-refractivity contribution in [3.8, 4) is 5.75 Å². The predicted molar refractivity (Wildman–Crippen MR) is 58.9 cm³/mol. The minimum Gasteiger partial charge on any atom is -0.492 e. The fourth-order valence-corrected chi connectivity index (χ4v) is 1.32. The standard InChI is InChI=1S/C12H14N2O/c1-11-3-5-12(6-4-11)15-10-9-14-8-2-7-13-14/h2-8H,9-10H2,1H3. The molecular weight excluding hydrogens is 188 g/mol. The third-order valence-electron chi connectivity index (χ3n) is 2.17. The van der Waals surface area contributed by atoms with E-state index in [0.29, 0.717) is 6.61 Å². The fourth-order valence-electron chi connectivity index (χ4n) is 1.32. The van der Waals surface area contributed by atoms with Gasteiger partial charge in [0, 0.05) is 12.4 Å². The number of ether oxygens (including phenoxy) is 1. The van der Waals surface area contributed by atoms with Crippen LogP contribution < -0.4 is 4.74 Å². The largest absolute Gasteiger partial charge is 0.492 e. The molecule has 0 amide bonds. The van der Waals surface area contributed by atoms with E-state index in [9.17, 15) is 0 Å². The quantitative estimate of drug-likeness (QED) is 0.760. The zero-order valence-corrected chi connectivity index (χ0v) is 8.76. The Bertz CT molecular complexity index is 392. The van der Waals surface area contributed by atoms with Crippen LogP contribution >= 0.6 is 0 Å². The van der Waals surface area contributed by atoms with Crippen LogP contribution in [0.2, 0.25) is 0 Å². The number of nitrogens with zero attached hydrogens (tertiary/aromatic N) is 2. The van der Waals surface area contributed by atoms with E-state index < -0.39 is 0 Å². The van der Waals surface area contributed by atoms with Gasteiger partial charge in [0.05, 0.1) is 6.54 Å². The Hall–Kier alpha value is -1.77. The topological polar surface area (TPSA) is 27.1 Å². The van der Waals surface area contributed by atoms with Gasteiger partial charge in [-0.1, -0.05) is 17.7 Å². The van der Waals surface area contributed by atoms with Crippen LogP contribution in [0.5, 0.6) is 5.75 Å². The molecule has 0 atom stereocenters. The molecule has 1 heterocycles. The highest BCUT2D eigenvalue weighted by Crippen LogP contribution is 2.11. The molecule has 2 aromatic rings. The second kappa shape index (κ2) is 4.64. The molecule has 0 bridgehead atoms. The van der Waals surface area contributed by atoms with Crippen LogP contribution in [-0.2, 0) is 6.54 Å². The Balaban J connectivity index is 1.81. The molecule has 0 aliphatic heterocycles. The number of aromatic nitrogens is 2. The van der Waals surface area contributed by atoms with Crippen LogP contribution in [0.4, 0.5) is 0 Å². The summed E-state index contributed by atoms with van der Waals surface area (Å²) < 4.78 is 7.43. The maximum atomic E-state index is 5.57. The van der Waals surface area contributed by atoms with E-state index in [1.165, 1.54) is 5.56 Å². The number of aryl methyl sites for hydroxylation is 1. The van der Waals surface area contributed by atoms with Gasteiger partial charge in [0.25, 0.3) is 0 Å². The van der Waals surface area contributed by atoms with Crippen molar-refractivity contribution in [3.63, 3.8) is 0 Å². The van der Waals surface area contributed by atoms with Crippen LogP contribution in [-0.4, -0.2) is 16.4 Å². The maximum Gasteiger partial charge on any atom is 0.119 e. The summed E-state index contributed by atoms with van der Waals surface area (Å²) in [6, 6.07) is 9.97. The van der Waals surface area contributed by atoms with Crippen molar-refractivity contribution >= 4 is 0 Å². The number of rotatable bonds is 4. The van der Waals surface area contributed by atoms with E-state index in [1.54, 1.807) is 6.20 Å². The lowest BCUT2D eigenvalue weighted by atomic mass is 10.2. The number of hydrogen-bond donors (Lipinski definition) is 0. The van der Waals surface area contributed by atoms with Gasteiger partial charge in [-0.3, -0.25) is 4.68 Å². The lowest BCUT2D eigenvalue weighted by Crippen LogP contribution is -2.08. The van der Waals surface area contributed by atoms with Gasteiger partial charge in [0.2, 0.25) is 0 Å². The first-order valence-corrected chi connectivity index (χ1v) is 5.01. The van der Waals surface area contributed by atoms with Crippen molar-refractivity contribution in [2.75, 3.05) is 6.61 Å². The lowest BCUT2D eigenvalue weighted by Gasteiger charge is -2.06. The molecule has 0 aliphatic rings. The highest BCUT2D eigenvalue weighted by Gasteiger charge is 1.94. The first-order chi connectivity index (χ1) is 7.34. The summed E-state index contributed by atoms with van der Waals surface area (Å²) in [7, 11) is 0. The van der Waals surface area contributed by atoms with Crippen molar-refractivity contribution in [1.29, 1.82) is 0 Å². The van der Waals surface area contributed by atoms with E-state index in [1.807, 2.05) is 41.2 Å². The molecule has 2 rings (SSSR count). The Morgan fingerprint density at radius 2 is 2.07 bits per heavy atom. The van der Waals surface area contributed by atoms with E-state index >= 15 is 0 Å². The molecule has 1 aromatic carbocycles. The average Bonchev–Trinajstić information content (AvgIpc) is 2.74. The predicted octanol–water partition coefficient (Wildman–Crippen LogP) is 2.27. The van der Waals surface area contributed by atoms with Gasteiger partial charge < -0.3 is 4.74 Å². The van der Waals surface area contributed by atoms with Gasteiger partial charge in [-0.2, -0.15) is 5.10 Å². The molecule has 0 N–H and O–H groups in total. The molecule has 0 spiro atoms. The first kappa shape index (κ1) is 9.77. The van der Waals surface area contributed by atoms with Crippen molar-refractivity contribution in [1.82, 2.24) is 9.78 Å². The second-order valence-electron chi connectivity index (χ2n) is 3.43. The third kappa shape index (κ3) is 2.84. The molecular formula is C12H14N2O. The molecule has 3 heteroatoms. The smallest absolute Gasteiger partial charge is 0.119 e. The minimum atomic E-state index is 0.644. The molecule has 0 saturated carbocycles. The molecule has 15 heavy (non-hydrogen) atoms. The summed E-state index contributed by atoms with van der Waals surface area (Å²) in [5.41, 5.74) is 1.24. The van der Waals surface area contributed by atoms with Crippen LogP contribution in [0, 0.1) is 6.92 Å². The van der Waals surface area contributed by atoms with E-state index in [2.05, 4.69) is 12.0 Å². The molecule has 0 saturated heterocycles. The van der Waals surface area contributed by atoms with Crippen molar-refractivity contribution in [2.24, 2.45) is 0 Å². The fraction of sp³-hybridized carbons (Fsp3) is 0.250. The van der Waals surface area contributed by atoms with Crippen LogP contribution in [0.3, 0.4) is 0 Å². The van der Waals surface area contributed by atoms with Crippen LogP contribution in [0.15, 0.2) is 42.7 Å². The molecule has 0 aliphatic carbocycles. The molecule has 3 nitrogen and oxygen atoms in total. The SMILES string of the molecule is Cc1ccc(OCCn2cccn2)cc1. The highest BCUT2D eigenvalue weighted by atomic mass is 16.5. The lowest BCUT2D eigenvalue weighted by molar-refractivity contribution is 0.291. The van der Waals surface area contributed by atoms with Gasteiger partial charge in [0.15, 0.2) is 0 Å². The first-order valence-electron chi connectivity index (χ1n) is 5.01. The Morgan fingerprint density at radius 3 is 2.73 bits per heavy atom. The monoisotopic (exact) mass is 202 g/mol. The van der Waals surface area contributed by atoms with Crippen molar-refractivity contribution in [3.05, 3.63) is 48.3 Å².